The lowest BCUT2D eigenvalue weighted by Crippen LogP contribution is -2.18. The van der Waals surface area contributed by atoms with Gasteiger partial charge in [-0.05, 0) is 26.7 Å². The molecule has 0 bridgehead atoms. The number of carbonyl (C=O) groups excluding carboxylic acids is 2. The van der Waals surface area contributed by atoms with E-state index in [2.05, 4.69) is 23.8 Å². The molecule has 0 amide bonds. The predicted octanol–water partition coefficient (Wildman–Crippen LogP) is 5.35. The van der Waals surface area contributed by atoms with Gasteiger partial charge in [-0.15, -0.1) is 0 Å². The second kappa shape index (κ2) is 14.1. The summed E-state index contributed by atoms with van der Waals surface area (Å²) in [4.78, 5) is 33.0. The van der Waals surface area contributed by atoms with Gasteiger partial charge in [-0.2, -0.15) is 0 Å². The van der Waals surface area contributed by atoms with Crippen molar-refractivity contribution >= 4 is 11.9 Å². The Hall–Kier alpha value is -1.98. The zero-order valence-corrected chi connectivity index (χ0v) is 18.0. The summed E-state index contributed by atoms with van der Waals surface area (Å²) in [5, 5.41) is 0. The van der Waals surface area contributed by atoms with Crippen molar-refractivity contribution in [1.82, 2.24) is 9.97 Å². The Labute approximate surface area is 169 Å². The SMILES string of the molecule is CCCCCCCOC(=O)c1nc(C)c(C(=O)OCCCCCCC)nc1C. The average Bonchev–Trinajstić information content (AvgIpc) is 2.68. The van der Waals surface area contributed by atoms with Crippen LogP contribution in [-0.2, 0) is 9.47 Å². The maximum absolute atomic E-state index is 12.2. The zero-order valence-electron chi connectivity index (χ0n) is 18.0. The van der Waals surface area contributed by atoms with Gasteiger partial charge in [-0.3, -0.25) is 0 Å². The Morgan fingerprint density at radius 2 is 1.00 bits per heavy atom. The molecule has 0 N–H and O–H groups in total. The Balaban J connectivity index is 2.51. The van der Waals surface area contributed by atoms with Crippen molar-refractivity contribution in [1.29, 1.82) is 0 Å². The van der Waals surface area contributed by atoms with E-state index in [-0.39, 0.29) is 11.4 Å². The molecule has 0 unspecified atom stereocenters. The molecule has 1 heterocycles. The van der Waals surface area contributed by atoms with Crippen LogP contribution in [0.1, 0.15) is 110 Å². The van der Waals surface area contributed by atoms with Crippen LogP contribution in [0.25, 0.3) is 0 Å². The second-order valence-corrected chi connectivity index (χ2v) is 7.19. The van der Waals surface area contributed by atoms with Crippen molar-refractivity contribution in [3.8, 4) is 0 Å². The van der Waals surface area contributed by atoms with Crippen LogP contribution in [0, 0.1) is 13.8 Å². The highest BCUT2D eigenvalue weighted by atomic mass is 16.5. The third kappa shape index (κ3) is 8.81. The number of carbonyl (C=O) groups is 2. The number of hydrogen-bond acceptors (Lipinski definition) is 6. The Kier molecular flexibility index (Phi) is 12.1. The van der Waals surface area contributed by atoms with Crippen LogP contribution in [0.5, 0.6) is 0 Å². The molecule has 0 aromatic carbocycles. The molecule has 0 saturated heterocycles. The number of hydrogen-bond donors (Lipinski definition) is 0. The maximum atomic E-state index is 12.2. The minimum absolute atomic E-state index is 0.169. The fraction of sp³-hybridized carbons (Fsp3) is 0.727. The number of ether oxygens (including phenoxy) is 2. The van der Waals surface area contributed by atoms with Gasteiger partial charge in [0.25, 0.3) is 0 Å². The smallest absolute Gasteiger partial charge is 0.358 e. The van der Waals surface area contributed by atoms with E-state index in [4.69, 9.17) is 9.47 Å². The van der Waals surface area contributed by atoms with Crippen molar-refractivity contribution in [2.45, 2.75) is 91.9 Å². The summed E-state index contributed by atoms with van der Waals surface area (Å²) in [7, 11) is 0. The molecule has 0 aliphatic heterocycles. The number of nitrogens with zero attached hydrogens (tertiary/aromatic N) is 2. The highest BCUT2D eigenvalue weighted by molar-refractivity contribution is 5.91. The number of rotatable bonds is 14. The van der Waals surface area contributed by atoms with Gasteiger partial charge in [-0.1, -0.05) is 65.2 Å². The molecule has 0 aliphatic carbocycles. The van der Waals surface area contributed by atoms with Crippen LogP contribution in [0.4, 0.5) is 0 Å². The maximum Gasteiger partial charge on any atom is 0.358 e. The van der Waals surface area contributed by atoms with E-state index in [0.29, 0.717) is 24.6 Å². The summed E-state index contributed by atoms with van der Waals surface area (Å²) < 4.78 is 10.6. The third-order valence-corrected chi connectivity index (χ3v) is 4.59. The van der Waals surface area contributed by atoms with Gasteiger partial charge in [0.1, 0.15) is 0 Å². The Morgan fingerprint density at radius 1 is 0.643 bits per heavy atom. The summed E-state index contributed by atoms with van der Waals surface area (Å²) >= 11 is 0. The van der Waals surface area contributed by atoms with Crippen molar-refractivity contribution in [3.05, 3.63) is 22.8 Å². The molecule has 1 aromatic heterocycles. The van der Waals surface area contributed by atoms with E-state index < -0.39 is 11.9 Å². The van der Waals surface area contributed by atoms with Crippen molar-refractivity contribution in [2.24, 2.45) is 0 Å². The van der Waals surface area contributed by atoms with Gasteiger partial charge in [0.2, 0.25) is 0 Å². The lowest BCUT2D eigenvalue weighted by molar-refractivity contribution is 0.0469. The van der Waals surface area contributed by atoms with Crippen LogP contribution in [-0.4, -0.2) is 35.1 Å². The van der Waals surface area contributed by atoms with Crippen LogP contribution < -0.4 is 0 Å². The molecule has 6 nitrogen and oxygen atoms in total. The first-order chi connectivity index (χ1) is 13.5. The van der Waals surface area contributed by atoms with Crippen LogP contribution in [0.3, 0.4) is 0 Å². The zero-order chi connectivity index (χ0) is 20.8. The third-order valence-electron chi connectivity index (χ3n) is 4.59. The minimum Gasteiger partial charge on any atom is -0.461 e. The molecule has 1 aromatic rings. The van der Waals surface area contributed by atoms with Crippen molar-refractivity contribution < 1.29 is 19.1 Å². The molecular formula is C22H36N2O4. The molecule has 0 atom stereocenters. The number of unbranched alkanes of at least 4 members (excludes halogenated alkanes) is 8. The van der Waals surface area contributed by atoms with Crippen LogP contribution in [0.2, 0.25) is 0 Å². The van der Waals surface area contributed by atoms with E-state index in [0.717, 1.165) is 38.5 Å². The van der Waals surface area contributed by atoms with E-state index in [9.17, 15) is 9.59 Å². The lowest BCUT2D eigenvalue weighted by Gasteiger charge is -2.10. The molecular weight excluding hydrogens is 356 g/mol. The predicted molar refractivity (Wildman–Crippen MR) is 110 cm³/mol. The summed E-state index contributed by atoms with van der Waals surface area (Å²) in [6.45, 7) is 8.40. The molecule has 0 spiro atoms. The summed E-state index contributed by atoms with van der Waals surface area (Å²) in [5.74, 6) is -0.973. The van der Waals surface area contributed by atoms with E-state index >= 15 is 0 Å². The first-order valence-corrected chi connectivity index (χ1v) is 10.7. The first-order valence-electron chi connectivity index (χ1n) is 10.7. The Morgan fingerprint density at radius 3 is 1.36 bits per heavy atom. The topological polar surface area (TPSA) is 78.4 Å². The average molecular weight is 393 g/mol. The van der Waals surface area contributed by atoms with Gasteiger partial charge < -0.3 is 9.47 Å². The molecule has 158 valence electrons. The first kappa shape index (κ1) is 24.1. The van der Waals surface area contributed by atoms with E-state index in [1.165, 1.54) is 25.7 Å². The molecule has 28 heavy (non-hydrogen) atoms. The van der Waals surface area contributed by atoms with Crippen molar-refractivity contribution in [2.75, 3.05) is 13.2 Å². The van der Waals surface area contributed by atoms with Gasteiger partial charge in [0.05, 0.1) is 24.6 Å². The summed E-state index contributed by atoms with van der Waals surface area (Å²) in [5.41, 5.74) is 1.11. The van der Waals surface area contributed by atoms with Gasteiger partial charge >= 0.3 is 11.9 Å². The fourth-order valence-corrected chi connectivity index (χ4v) is 2.87. The molecule has 0 fully saturated rings. The quantitative estimate of drug-likeness (QED) is 0.314. The van der Waals surface area contributed by atoms with Crippen LogP contribution in [0.15, 0.2) is 0 Å². The van der Waals surface area contributed by atoms with Gasteiger partial charge in [0, 0.05) is 0 Å². The molecule has 6 heteroatoms. The second-order valence-electron chi connectivity index (χ2n) is 7.19. The highest BCUT2D eigenvalue weighted by Crippen LogP contribution is 2.12. The monoisotopic (exact) mass is 392 g/mol. The number of aryl methyl sites for hydroxylation is 2. The van der Waals surface area contributed by atoms with Crippen molar-refractivity contribution in [3.63, 3.8) is 0 Å². The van der Waals surface area contributed by atoms with E-state index in [1.54, 1.807) is 13.8 Å². The van der Waals surface area contributed by atoms with Gasteiger partial charge in [0.15, 0.2) is 11.4 Å². The summed E-state index contributed by atoms with van der Waals surface area (Å²) in [6, 6.07) is 0. The Bertz CT molecular complexity index is 563. The highest BCUT2D eigenvalue weighted by Gasteiger charge is 2.20. The number of esters is 2. The number of aromatic nitrogens is 2. The van der Waals surface area contributed by atoms with Gasteiger partial charge in [-0.25, -0.2) is 19.6 Å². The normalized spacial score (nSPS) is 10.7. The lowest BCUT2D eigenvalue weighted by atomic mass is 10.2. The molecule has 0 saturated carbocycles. The largest absolute Gasteiger partial charge is 0.461 e. The standard InChI is InChI=1S/C22H36N2O4/c1-5-7-9-11-13-15-27-21(25)19-17(3)24-20(18(4)23-19)22(26)28-16-14-12-10-8-6-2/h5-16H2,1-4H3. The summed E-state index contributed by atoms with van der Waals surface area (Å²) in [6.07, 6.45) is 10.9. The van der Waals surface area contributed by atoms with Crippen LogP contribution >= 0.6 is 0 Å². The fourth-order valence-electron chi connectivity index (χ4n) is 2.87. The molecule has 0 radical (unpaired) electrons. The molecule has 0 aliphatic rings. The van der Waals surface area contributed by atoms with E-state index in [1.807, 2.05) is 0 Å². The minimum atomic E-state index is -0.487. The molecule has 1 rings (SSSR count).